The second kappa shape index (κ2) is 5.89. The van der Waals surface area contributed by atoms with Gasteiger partial charge >= 0.3 is 0 Å². The van der Waals surface area contributed by atoms with Gasteiger partial charge in [0.1, 0.15) is 5.82 Å². The van der Waals surface area contributed by atoms with Crippen molar-refractivity contribution in [3.63, 3.8) is 0 Å². The van der Waals surface area contributed by atoms with Crippen molar-refractivity contribution < 1.29 is 0 Å². The number of nitrogens with one attached hydrogen (secondary N) is 1. The van der Waals surface area contributed by atoms with E-state index < -0.39 is 0 Å². The van der Waals surface area contributed by atoms with Gasteiger partial charge in [-0.25, -0.2) is 4.98 Å². The van der Waals surface area contributed by atoms with Crippen molar-refractivity contribution in [2.45, 2.75) is 0 Å². The number of anilines is 1. The Morgan fingerprint density at radius 2 is 1.43 bits per heavy atom. The minimum atomic E-state index is 0.730. The molecule has 1 N–H and O–H groups in total. The van der Waals surface area contributed by atoms with Crippen molar-refractivity contribution in [1.29, 1.82) is 0 Å². The summed E-state index contributed by atoms with van der Waals surface area (Å²) >= 11 is 0. The largest absolute Gasteiger partial charge is 0.261 e. The molecule has 3 heteroatoms. The summed E-state index contributed by atoms with van der Waals surface area (Å²) in [6.45, 7) is 0. The molecule has 1 aromatic heterocycles. The van der Waals surface area contributed by atoms with Crippen LogP contribution < -0.4 is 5.43 Å². The Hall–Kier alpha value is -3.20. The van der Waals surface area contributed by atoms with Gasteiger partial charge in [-0.3, -0.25) is 5.43 Å². The first-order valence-corrected chi connectivity index (χ1v) is 7.52. The topological polar surface area (TPSA) is 37.3 Å². The maximum Gasteiger partial charge on any atom is 0.146 e. The highest BCUT2D eigenvalue weighted by atomic mass is 15.3. The first kappa shape index (κ1) is 13.5. The maximum atomic E-state index is 4.37. The molecule has 0 aliphatic rings. The Labute approximate surface area is 134 Å². The number of aromatic nitrogens is 1. The zero-order valence-electron chi connectivity index (χ0n) is 12.5. The molecule has 1 heterocycles. The molecule has 0 bridgehead atoms. The van der Waals surface area contributed by atoms with Crippen LogP contribution in [-0.2, 0) is 0 Å². The zero-order chi connectivity index (χ0) is 15.5. The predicted molar refractivity (Wildman–Crippen MR) is 96.9 cm³/mol. The third-order valence-corrected chi connectivity index (χ3v) is 3.85. The Morgan fingerprint density at radius 1 is 0.783 bits per heavy atom. The number of pyridine rings is 1. The van der Waals surface area contributed by atoms with Gasteiger partial charge < -0.3 is 0 Å². The number of fused-ring (bicyclic) bond motifs is 2. The third kappa shape index (κ3) is 2.64. The predicted octanol–water partition coefficient (Wildman–Crippen LogP) is 4.83. The molecule has 0 unspecified atom stereocenters. The Morgan fingerprint density at radius 3 is 2.09 bits per heavy atom. The normalized spacial score (nSPS) is 11.3. The Kier molecular flexibility index (Phi) is 3.45. The van der Waals surface area contributed by atoms with Crippen molar-refractivity contribution >= 4 is 33.6 Å². The van der Waals surface area contributed by atoms with E-state index in [-0.39, 0.29) is 0 Å². The number of hydrazone groups is 1. The minimum Gasteiger partial charge on any atom is -0.261 e. The van der Waals surface area contributed by atoms with Gasteiger partial charge in [0.25, 0.3) is 0 Å². The van der Waals surface area contributed by atoms with Crippen LogP contribution in [0.1, 0.15) is 5.56 Å². The zero-order valence-corrected chi connectivity index (χ0v) is 12.5. The van der Waals surface area contributed by atoms with Crippen LogP contribution in [0.5, 0.6) is 0 Å². The number of nitrogens with zero attached hydrogens (tertiary/aromatic N) is 2. The quantitative estimate of drug-likeness (QED) is 0.334. The van der Waals surface area contributed by atoms with Crippen LogP contribution in [0, 0.1) is 0 Å². The van der Waals surface area contributed by atoms with Crippen molar-refractivity contribution in [2.75, 3.05) is 5.43 Å². The molecular formula is C20H15N3. The van der Waals surface area contributed by atoms with Gasteiger partial charge in [0, 0.05) is 11.8 Å². The summed E-state index contributed by atoms with van der Waals surface area (Å²) < 4.78 is 0. The van der Waals surface area contributed by atoms with Crippen LogP contribution in [0.3, 0.4) is 0 Å². The molecule has 0 atom stereocenters. The molecule has 3 nitrogen and oxygen atoms in total. The highest BCUT2D eigenvalue weighted by Crippen LogP contribution is 2.27. The number of hydrogen-bond acceptors (Lipinski definition) is 3. The van der Waals surface area contributed by atoms with Gasteiger partial charge in [-0.05, 0) is 39.7 Å². The summed E-state index contributed by atoms with van der Waals surface area (Å²) in [6.07, 6.45) is 3.62. The van der Waals surface area contributed by atoms with Crippen molar-refractivity contribution in [3.8, 4) is 0 Å². The second-order valence-corrected chi connectivity index (χ2v) is 5.32. The number of hydrogen-bond donors (Lipinski definition) is 1. The lowest BCUT2D eigenvalue weighted by atomic mass is 9.97. The number of rotatable bonds is 3. The first-order chi connectivity index (χ1) is 11.4. The highest BCUT2D eigenvalue weighted by Gasteiger charge is 2.05. The lowest BCUT2D eigenvalue weighted by Crippen LogP contribution is -1.94. The van der Waals surface area contributed by atoms with Crippen LogP contribution >= 0.6 is 0 Å². The molecule has 110 valence electrons. The van der Waals surface area contributed by atoms with Crippen LogP contribution in [0.4, 0.5) is 5.82 Å². The maximum absolute atomic E-state index is 4.37. The molecule has 0 saturated heterocycles. The molecule has 3 aromatic carbocycles. The van der Waals surface area contributed by atoms with E-state index in [2.05, 4.69) is 70.1 Å². The van der Waals surface area contributed by atoms with E-state index in [9.17, 15) is 0 Å². The summed E-state index contributed by atoms with van der Waals surface area (Å²) in [6, 6.07) is 24.7. The van der Waals surface area contributed by atoms with Gasteiger partial charge in [0.15, 0.2) is 0 Å². The molecule has 0 saturated carbocycles. The average molecular weight is 297 g/mol. The van der Waals surface area contributed by atoms with E-state index >= 15 is 0 Å². The van der Waals surface area contributed by atoms with Crippen molar-refractivity contribution in [1.82, 2.24) is 4.98 Å². The van der Waals surface area contributed by atoms with Crippen LogP contribution in [-0.4, -0.2) is 11.2 Å². The fraction of sp³-hybridized carbons (Fsp3) is 0. The summed E-state index contributed by atoms with van der Waals surface area (Å²) in [7, 11) is 0. The lowest BCUT2D eigenvalue weighted by Gasteiger charge is -2.08. The van der Waals surface area contributed by atoms with Crippen molar-refractivity contribution in [2.24, 2.45) is 5.10 Å². The van der Waals surface area contributed by atoms with Gasteiger partial charge in [-0.15, -0.1) is 0 Å². The fourth-order valence-corrected chi connectivity index (χ4v) is 2.78. The third-order valence-electron chi connectivity index (χ3n) is 3.85. The molecule has 0 aliphatic heterocycles. The van der Waals surface area contributed by atoms with Gasteiger partial charge in [-0.1, -0.05) is 54.6 Å². The summed E-state index contributed by atoms with van der Waals surface area (Å²) in [5.41, 5.74) is 4.09. The Balaban J connectivity index is 1.83. The minimum absolute atomic E-state index is 0.730. The van der Waals surface area contributed by atoms with E-state index in [0.717, 1.165) is 11.4 Å². The molecular weight excluding hydrogens is 282 g/mol. The van der Waals surface area contributed by atoms with E-state index in [1.54, 1.807) is 6.20 Å². The SMILES string of the molecule is C(=N/Nc1ccccn1)/c1c2ccccc2cc2ccccc12. The van der Waals surface area contributed by atoms with E-state index in [4.69, 9.17) is 0 Å². The molecule has 4 rings (SSSR count). The molecule has 4 aromatic rings. The molecule has 0 fully saturated rings. The molecule has 0 aliphatic carbocycles. The molecule has 23 heavy (non-hydrogen) atoms. The lowest BCUT2D eigenvalue weighted by molar-refractivity contribution is 1.23. The molecule has 0 radical (unpaired) electrons. The Bertz CT molecular complexity index is 937. The summed E-state index contributed by atoms with van der Waals surface area (Å²) in [4.78, 5) is 4.21. The van der Waals surface area contributed by atoms with Gasteiger partial charge in [0.2, 0.25) is 0 Å². The van der Waals surface area contributed by atoms with Crippen molar-refractivity contribution in [3.05, 3.63) is 84.6 Å². The molecule has 0 spiro atoms. The fourth-order valence-electron chi connectivity index (χ4n) is 2.78. The number of benzene rings is 3. The average Bonchev–Trinajstić information content (AvgIpc) is 2.62. The van der Waals surface area contributed by atoms with Crippen LogP contribution in [0.2, 0.25) is 0 Å². The summed E-state index contributed by atoms with van der Waals surface area (Å²) in [5, 5.41) is 9.19. The van der Waals surface area contributed by atoms with Crippen LogP contribution in [0.15, 0.2) is 84.1 Å². The summed E-state index contributed by atoms with van der Waals surface area (Å²) in [5.74, 6) is 0.730. The molecule has 0 amide bonds. The van der Waals surface area contributed by atoms with E-state index in [0.29, 0.717) is 0 Å². The van der Waals surface area contributed by atoms with E-state index in [1.165, 1.54) is 21.5 Å². The van der Waals surface area contributed by atoms with E-state index in [1.807, 2.05) is 24.4 Å². The van der Waals surface area contributed by atoms with Gasteiger partial charge in [0.05, 0.1) is 6.21 Å². The van der Waals surface area contributed by atoms with Crippen LogP contribution in [0.25, 0.3) is 21.5 Å². The smallest absolute Gasteiger partial charge is 0.146 e. The monoisotopic (exact) mass is 297 g/mol. The van der Waals surface area contributed by atoms with Gasteiger partial charge in [-0.2, -0.15) is 5.10 Å². The standard InChI is InChI=1S/C20H15N3/c1-3-9-17-15(7-1)13-16-8-2-4-10-18(16)19(17)14-22-23-20-11-5-6-12-21-20/h1-14H,(H,21,23)/b22-14-. The first-order valence-electron chi connectivity index (χ1n) is 7.52. The second-order valence-electron chi connectivity index (χ2n) is 5.32. The highest BCUT2D eigenvalue weighted by molar-refractivity contribution is 6.13.